The van der Waals surface area contributed by atoms with Gasteiger partial charge in [0.2, 0.25) is 0 Å². The van der Waals surface area contributed by atoms with Gasteiger partial charge < -0.3 is 33.5 Å². The fourth-order valence-electron chi connectivity index (χ4n) is 3.76. The number of aliphatic hydroxyl groups is 1. The van der Waals surface area contributed by atoms with E-state index in [2.05, 4.69) is 0 Å². The maximum absolute atomic E-state index is 9.73. The number of hydrogen-bond donors (Lipinski definition) is 1. The van der Waals surface area contributed by atoms with Crippen molar-refractivity contribution in [3.63, 3.8) is 0 Å². The van der Waals surface area contributed by atoms with Crippen LogP contribution in [-0.2, 0) is 28.4 Å². The van der Waals surface area contributed by atoms with Crippen molar-refractivity contribution in [1.29, 1.82) is 0 Å². The molecular weight excluding hydrogens is 304 g/mol. The summed E-state index contributed by atoms with van der Waals surface area (Å²) >= 11 is 0. The van der Waals surface area contributed by atoms with E-state index < -0.39 is 30.3 Å². The summed E-state index contributed by atoms with van der Waals surface area (Å²) in [7, 11) is 0. The molecule has 4 aliphatic rings. The van der Waals surface area contributed by atoms with Crippen LogP contribution < -0.4 is 0 Å². The van der Waals surface area contributed by atoms with E-state index in [0.717, 1.165) is 0 Å². The molecule has 3 fully saturated rings. The van der Waals surface area contributed by atoms with Gasteiger partial charge in [-0.3, -0.25) is 0 Å². The Morgan fingerprint density at radius 1 is 0.826 bits per heavy atom. The molecule has 1 N–H and O–H groups in total. The van der Waals surface area contributed by atoms with E-state index in [1.165, 1.54) is 0 Å². The number of ether oxygens (including phenoxy) is 6. The Morgan fingerprint density at radius 3 is 2.13 bits per heavy atom. The Hall–Kier alpha value is -0.540. The highest BCUT2D eigenvalue weighted by Crippen LogP contribution is 2.45. The zero-order valence-electron chi connectivity index (χ0n) is 13.8. The van der Waals surface area contributed by atoms with Gasteiger partial charge in [0.05, 0.1) is 6.10 Å². The SMILES string of the molecule is CC1(C)O[C@@H]2[C@H](O1)[C@H]1OC(C)(C)O[C@H]1O[C@@H]2[C@H]1CC=CC(O)O1. The van der Waals surface area contributed by atoms with Crippen molar-refractivity contribution < 1.29 is 33.5 Å². The number of fused-ring (bicyclic) bond motifs is 3. The Bertz CT molecular complexity index is 503. The molecule has 0 radical (unpaired) electrons. The molecule has 0 spiro atoms. The summed E-state index contributed by atoms with van der Waals surface area (Å²) in [6.45, 7) is 7.44. The van der Waals surface area contributed by atoms with Crippen molar-refractivity contribution in [2.75, 3.05) is 0 Å². The Kier molecular flexibility index (Phi) is 3.63. The maximum Gasteiger partial charge on any atom is 0.190 e. The van der Waals surface area contributed by atoms with E-state index in [-0.39, 0.29) is 24.4 Å². The van der Waals surface area contributed by atoms with Crippen molar-refractivity contribution in [2.45, 2.75) is 88.8 Å². The Morgan fingerprint density at radius 2 is 1.43 bits per heavy atom. The maximum atomic E-state index is 9.73. The molecule has 0 bridgehead atoms. The molecule has 0 saturated carbocycles. The summed E-state index contributed by atoms with van der Waals surface area (Å²) in [5.74, 6) is -1.47. The van der Waals surface area contributed by atoms with Crippen LogP contribution in [-0.4, -0.2) is 59.8 Å². The van der Waals surface area contributed by atoms with Crippen LogP contribution in [0.4, 0.5) is 0 Å². The summed E-state index contributed by atoms with van der Waals surface area (Å²) in [6.07, 6.45) is 0.950. The monoisotopic (exact) mass is 328 g/mol. The summed E-state index contributed by atoms with van der Waals surface area (Å²) in [6, 6.07) is 0. The number of hydrogen-bond acceptors (Lipinski definition) is 7. The second kappa shape index (κ2) is 5.23. The van der Waals surface area contributed by atoms with E-state index in [9.17, 15) is 5.11 Å². The summed E-state index contributed by atoms with van der Waals surface area (Å²) in [5.41, 5.74) is 0. The third-order valence-corrected chi connectivity index (χ3v) is 4.54. The van der Waals surface area contributed by atoms with Crippen molar-refractivity contribution in [3.8, 4) is 0 Å². The molecule has 3 saturated heterocycles. The molecule has 0 aromatic heterocycles. The van der Waals surface area contributed by atoms with Gasteiger partial charge in [0.15, 0.2) is 24.2 Å². The molecule has 0 amide bonds. The molecule has 4 aliphatic heterocycles. The van der Waals surface area contributed by atoms with Gasteiger partial charge in [-0.05, 0) is 40.2 Å². The van der Waals surface area contributed by atoms with Crippen LogP contribution in [0.15, 0.2) is 12.2 Å². The predicted octanol–water partition coefficient (Wildman–Crippen LogP) is 1.05. The molecule has 4 rings (SSSR count). The third kappa shape index (κ3) is 2.84. The summed E-state index contributed by atoms with van der Waals surface area (Å²) in [4.78, 5) is 0. The molecule has 4 heterocycles. The van der Waals surface area contributed by atoms with Crippen LogP contribution in [0.2, 0.25) is 0 Å². The first-order valence-corrected chi connectivity index (χ1v) is 8.11. The van der Waals surface area contributed by atoms with Crippen molar-refractivity contribution in [3.05, 3.63) is 12.2 Å². The molecular formula is C16H24O7. The van der Waals surface area contributed by atoms with Crippen LogP contribution in [0, 0.1) is 0 Å². The Labute approximate surface area is 135 Å². The van der Waals surface area contributed by atoms with Gasteiger partial charge in [0.1, 0.15) is 24.4 Å². The summed E-state index contributed by atoms with van der Waals surface area (Å²) in [5, 5.41) is 9.73. The van der Waals surface area contributed by atoms with Crippen molar-refractivity contribution >= 4 is 0 Å². The minimum atomic E-state index is -0.930. The van der Waals surface area contributed by atoms with Gasteiger partial charge in [-0.1, -0.05) is 6.08 Å². The zero-order valence-corrected chi connectivity index (χ0v) is 13.8. The average molecular weight is 328 g/mol. The number of aliphatic hydroxyl groups excluding tert-OH is 1. The predicted molar refractivity (Wildman–Crippen MR) is 77.2 cm³/mol. The van der Waals surface area contributed by atoms with Crippen LogP contribution >= 0.6 is 0 Å². The first kappa shape index (κ1) is 16.0. The lowest BCUT2D eigenvalue weighted by atomic mass is 9.93. The van der Waals surface area contributed by atoms with E-state index in [4.69, 9.17) is 28.4 Å². The van der Waals surface area contributed by atoms with Gasteiger partial charge in [-0.2, -0.15) is 0 Å². The van der Waals surface area contributed by atoms with Gasteiger partial charge >= 0.3 is 0 Å². The fraction of sp³-hybridized carbons (Fsp3) is 0.875. The molecule has 7 heteroatoms. The molecule has 0 aromatic carbocycles. The average Bonchev–Trinajstić information content (AvgIpc) is 2.92. The highest BCUT2D eigenvalue weighted by molar-refractivity contribution is 5.05. The normalized spacial score (nSPS) is 50.6. The molecule has 7 atom stereocenters. The first-order valence-electron chi connectivity index (χ1n) is 8.11. The topological polar surface area (TPSA) is 75.6 Å². The van der Waals surface area contributed by atoms with E-state index in [1.54, 1.807) is 6.08 Å². The standard InChI is InChI=1S/C16H24O7/c1-15(2)20-11-10(8-6-5-7-9(17)18-8)19-14-13(12(11)21-15)22-16(3,4)23-14/h5,7-14,17H,6H2,1-4H3/t8-,9?,10-,11+,12+,13-,14-/m1/s1. The van der Waals surface area contributed by atoms with E-state index in [0.29, 0.717) is 6.42 Å². The van der Waals surface area contributed by atoms with Crippen LogP contribution in [0.3, 0.4) is 0 Å². The molecule has 130 valence electrons. The molecule has 1 unspecified atom stereocenters. The molecule has 23 heavy (non-hydrogen) atoms. The zero-order chi connectivity index (χ0) is 16.4. The van der Waals surface area contributed by atoms with Crippen LogP contribution in [0.1, 0.15) is 34.1 Å². The largest absolute Gasteiger partial charge is 0.365 e. The smallest absolute Gasteiger partial charge is 0.190 e. The van der Waals surface area contributed by atoms with Crippen LogP contribution in [0.5, 0.6) is 0 Å². The fourth-order valence-corrected chi connectivity index (χ4v) is 3.76. The highest BCUT2D eigenvalue weighted by atomic mass is 16.9. The van der Waals surface area contributed by atoms with Gasteiger partial charge in [0.25, 0.3) is 0 Å². The second-order valence-corrected chi connectivity index (χ2v) is 7.36. The van der Waals surface area contributed by atoms with Crippen molar-refractivity contribution in [2.24, 2.45) is 0 Å². The first-order chi connectivity index (χ1) is 10.7. The summed E-state index contributed by atoms with van der Waals surface area (Å²) < 4.78 is 35.7. The van der Waals surface area contributed by atoms with E-state index >= 15 is 0 Å². The Balaban J connectivity index is 1.61. The lowest BCUT2D eigenvalue weighted by Gasteiger charge is -2.41. The van der Waals surface area contributed by atoms with Crippen molar-refractivity contribution in [1.82, 2.24) is 0 Å². The highest BCUT2D eigenvalue weighted by Gasteiger charge is 2.62. The quantitative estimate of drug-likeness (QED) is 0.721. The van der Waals surface area contributed by atoms with Gasteiger partial charge in [-0.25, -0.2) is 0 Å². The third-order valence-electron chi connectivity index (χ3n) is 4.54. The molecule has 7 nitrogen and oxygen atoms in total. The lowest BCUT2D eigenvalue weighted by molar-refractivity contribution is -0.269. The van der Waals surface area contributed by atoms with E-state index in [1.807, 2.05) is 33.8 Å². The number of rotatable bonds is 1. The van der Waals surface area contributed by atoms with Gasteiger partial charge in [0, 0.05) is 0 Å². The molecule has 0 aromatic rings. The second-order valence-electron chi connectivity index (χ2n) is 7.36. The lowest BCUT2D eigenvalue weighted by Crippen LogP contribution is -2.59. The van der Waals surface area contributed by atoms with Crippen LogP contribution in [0.25, 0.3) is 0 Å². The minimum Gasteiger partial charge on any atom is -0.365 e. The minimum absolute atomic E-state index is 0.304. The molecule has 0 aliphatic carbocycles. The van der Waals surface area contributed by atoms with Gasteiger partial charge in [-0.15, -0.1) is 0 Å².